The van der Waals surface area contributed by atoms with Crippen LogP contribution in [-0.2, 0) is 4.79 Å². The Balaban J connectivity index is 1.91. The highest BCUT2D eigenvalue weighted by Crippen LogP contribution is 2.43. The largest absolute Gasteiger partial charge is 0.503 e. The number of nitrogens with zero attached hydrogens (tertiary/aromatic N) is 3. The van der Waals surface area contributed by atoms with Gasteiger partial charge in [-0.3, -0.25) is 14.5 Å². The van der Waals surface area contributed by atoms with Crippen molar-refractivity contribution in [1.29, 1.82) is 0 Å². The molecule has 4 rings (SSSR count). The van der Waals surface area contributed by atoms with Crippen LogP contribution in [0.2, 0.25) is 0 Å². The van der Waals surface area contributed by atoms with E-state index in [0.717, 1.165) is 16.2 Å². The molecule has 0 radical (unpaired) electrons. The molecule has 1 atom stereocenters. The minimum Gasteiger partial charge on any atom is -0.503 e. The zero-order valence-electron chi connectivity index (χ0n) is 13.9. The Bertz CT molecular complexity index is 1080. The van der Waals surface area contributed by atoms with Gasteiger partial charge in [0.25, 0.3) is 5.91 Å². The van der Waals surface area contributed by atoms with Gasteiger partial charge in [-0.05, 0) is 24.4 Å². The molecule has 0 saturated carbocycles. The van der Waals surface area contributed by atoms with Crippen LogP contribution in [0.25, 0.3) is 0 Å². The van der Waals surface area contributed by atoms with Crippen LogP contribution < -0.4 is 4.90 Å². The number of thiophene rings is 1. The van der Waals surface area contributed by atoms with Crippen molar-refractivity contribution in [3.05, 3.63) is 74.4 Å². The first-order valence-electron chi connectivity index (χ1n) is 7.88. The number of ketones is 1. The molecule has 1 aliphatic rings. The molecule has 136 valence electrons. The number of aliphatic hydroxyl groups is 1. The third kappa shape index (κ3) is 2.84. The van der Waals surface area contributed by atoms with Gasteiger partial charge >= 0.3 is 0 Å². The first-order valence-corrected chi connectivity index (χ1v) is 9.58. The number of hydrogen-bond donors (Lipinski definition) is 1. The van der Waals surface area contributed by atoms with Crippen LogP contribution >= 0.6 is 22.7 Å². The van der Waals surface area contributed by atoms with Crippen LogP contribution in [0.1, 0.15) is 26.3 Å². The minimum atomic E-state index is -1.12. The first kappa shape index (κ1) is 17.5. The van der Waals surface area contributed by atoms with Crippen molar-refractivity contribution in [3.8, 4) is 0 Å². The van der Waals surface area contributed by atoms with Crippen molar-refractivity contribution in [1.82, 2.24) is 10.2 Å². The molecule has 3 aromatic rings. The number of benzene rings is 1. The molecule has 6 nitrogen and oxygen atoms in total. The molecule has 0 spiro atoms. The summed E-state index contributed by atoms with van der Waals surface area (Å²) in [6, 6.07) is 8.00. The molecular formula is C18H12FN3O3S2. The lowest BCUT2D eigenvalue weighted by Crippen LogP contribution is -2.31. The predicted octanol–water partition coefficient (Wildman–Crippen LogP) is 3.83. The summed E-state index contributed by atoms with van der Waals surface area (Å²) in [6.45, 7) is 1.71. The van der Waals surface area contributed by atoms with Crippen LogP contribution in [0.3, 0.4) is 0 Å². The summed E-state index contributed by atoms with van der Waals surface area (Å²) in [5.74, 6) is -2.62. The summed E-state index contributed by atoms with van der Waals surface area (Å²) in [5, 5.41) is 20.8. The maximum Gasteiger partial charge on any atom is 0.296 e. The van der Waals surface area contributed by atoms with E-state index in [1.165, 1.54) is 29.5 Å². The second-order valence-electron chi connectivity index (χ2n) is 5.77. The molecule has 1 aliphatic heterocycles. The van der Waals surface area contributed by atoms with Crippen LogP contribution in [0, 0.1) is 12.7 Å². The van der Waals surface area contributed by atoms with Gasteiger partial charge in [-0.15, -0.1) is 21.5 Å². The molecule has 3 heterocycles. The highest BCUT2D eigenvalue weighted by molar-refractivity contribution is 7.15. The van der Waals surface area contributed by atoms with Crippen molar-refractivity contribution in [3.63, 3.8) is 0 Å². The van der Waals surface area contributed by atoms with E-state index < -0.39 is 29.3 Å². The molecular weight excluding hydrogens is 389 g/mol. The van der Waals surface area contributed by atoms with Gasteiger partial charge < -0.3 is 5.11 Å². The van der Waals surface area contributed by atoms with Crippen LogP contribution in [-0.4, -0.2) is 27.0 Å². The Hall–Kier alpha value is -2.91. The Kier molecular flexibility index (Phi) is 4.33. The third-order valence-corrected chi connectivity index (χ3v) is 5.83. The second kappa shape index (κ2) is 6.67. The number of aliphatic hydroxyl groups excluding tert-OH is 1. The van der Waals surface area contributed by atoms with E-state index in [-0.39, 0.29) is 16.3 Å². The van der Waals surface area contributed by atoms with Crippen LogP contribution in [0.5, 0.6) is 0 Å². The minimum absolute atomic E-state index is 0.0997. The van der Waals surface area contributed by atoms with E-state index in [1.54, 1.807) is 30.5 Å². The van der Waals surface area contributed by atoms with E-state index >= 15 is 0 Å². The lowest BCUT2D eigenvalue weighted by Gasteiger charge is -2.24. The molecule has 1 amide bonds. The van der Waals surface area contributed by atoms with Crippen molar-refractivity contribution < 1.29 is 19.1 Å². The number of aromatic nitrogens is 2. The standard InChI is InChI=1S/C18H12FN3O3S2/c1-9-20-21-18(27-9)22-14(10-5-2-3-6-11(10)19)13(16(24)17(22)25)15(23)12-7-4-8-26-12/h2-8,14,24H,1H3/t14-/m0/s1. The number of anilines is 1. The highest BCUT2D eigenvalue weighted by atomic mass is 32.1. The fraction of sp³-hybridized carbons (Fsp3) is 0.111. The maximum atomic E-state index is 14.6. The molecule has 0 fully saturated rings. The van der Waals surface area contributed by atoms with Crippen molar-refractivity contribution in [2.45, 2.75) is 13.0 Å². The molecule has 0 bridgehead atoms. The predicted molar refractivity (Wildman–Crippen MR) is 99.6 cm³/mol. The monoisotopic (exact) mass is 401 g/mol. The van der Waals surface area contributed by atoms with Gasteiger partial charge in [0, 0.05) is 5.56 Å². The number of hydrogen-bond acceptors (Lipinski definition) is 7. The number of aryl methyl sites for hydroxylation is 1. The van der Waals surface area contributed by atoms with Gasteiger partial charge in [0.1, 0.15) is 16.9 Å². The maximum absolute atomic E-state index is 14.6. The average molecular weight is 401 g/mol. The quantitative estimate of drug-likeness (QED) is 0.672. The number of carbonyl (C=O) groups excluding carboxylic acids is 2. The molecule has 0 unspecified atom stereocenters. The Morgan fingerprint density at radius 3 is 2.63 bits per heavy atom. The van der Waals surface area contributed by atoms with E-state index in [4.69, 9.17) is 0 Å². The Morgan fingerprint density at radius 2 is 2.00 bits per heavy atom. The fourth-order valence-corrected chi connectivity index (χ4v) is 4.34. The smallest absolute Gasteiger partial charge is 0.296 e. The van der Waals surface area contributed by atoms with Crippen molar-refractivity contribution in [2.75, 3.05) is 4.90 Å². The summed E-state index contributed by atoms with van der Waals surface area (Å²) in [5.41, 5.74) is -0.0666. The normalized spacial score (nSPS) is 17.0. The topological polar surface area (TPSA) is 83.4 Å². The number of amides is 1. The van der Waals surface area contributed by atoms with Gasteiger partial charge in [-0.2, -0.15) is 0 Å². The summed E-state index contributed by atoms with van der Waals surface area (Å²) in [4.78, 5) is 27.3. The lowest BCUT2D eigenvalue weighted by atomic mass is 9.95. The number of Topliss-reactive ketones (excluding diaryl/α,β-unsaturated/α-hetero) is 1. The highest BCUT2D eigenvalue weighted by Gasteiger charge is 2.47. The molecule has 0 aliphatic carbocycles. The number of rotatable bonds is 4. The van der Waals surface area contributed by atoms with Crippen molar-refractivity contribution >= 4 is 39.5 Å². The molecule has 2 aromatic heterocycles. The average Bonchev–Trinajstić information content (AvgIpc) is 3.37. The van der Waals surface area contributed by atoms with Gasteiger partial charge in [-0.25, -0.2) is 4.39 Å². The zero-order valence-corrected chi connectivity index (χ0v) is 15.6. The molecule has 1 N–H and O–H groups in total. The SMILES string of the molecule is Cc1nnc(N2C(=O)C(O)=C(C(=O)c3cccs3)[C@@H]2c2ccccc2F)s1. The summed E-state index contributed by atoms with van der Waals surface area (Å²) < 4.78 is 14.6. The van der Waals surface area contributed by atoms with Gasteiger partial charge in [0.05, 0.1) is 10.5 Å². The molecule has 1 aromatic carbocycles. The third-order valence-electron chi connectivity index (χ3n) is 4.12. The molecule has 0 saturated heterocycles. The summed E-state index contributed by atoms with van der Waals surface area (Å²) in [7, 11) is 0. The molecule has 9 heteroatoms. The van der Waals surface area contributed by atoms with E-state index in [9.17, 15) is 19.1 Å². The Labute approximate surface area is 161 Å². The first-order chi connectivity index (χ1) is 13.0. The second-order valence-corrected chi connectivity index (χ2v) is 7.88. The van der Waals surface area contributed by atoms with E-state index in [0.29, 0.717) is 9.88 Å². The van der Waals surface area contributed by atoms with Gasteiger partial charge in [0.2, 0.25) is 10.9 Å². The van der Waals surface area contributed by atoms with E-state index in [1.807, 2.05) is 0 Å². The van der Waals surface area contributed by atoms with Crippen LogP contribution in [0.15, 0.2) is 53.1 Å². The zero-order chi connectivity index (χ0) is 19.1. The Morgan fingerprint density at radius 1 is 1.22 bits per heavy atom. The van der Waals surface area contributed by atoms with Gasteiger partial charge in [0.15, 0.2) is 5.76 Å². The van der Waals surface area contributed by atoms with Crippen LogP contribution in [0.4, 0.5) is 9.52 Å². The lowest BCUT2D eigenvalue weighted by molar-refractivity contribution is -0.117. The number of halogens is 1. The number of carbonyl (C=O) groups is 2. The van der Waals surface area contributed by atoms with E-state index in [2.05, 4.69) is 10.2 Å². The van der Waals surface area contributed by atoms with Gasteiger partial charge in [-0.1, -0.05) is 35.6 Å². The van der Waals surface area contributed by atoms with Crippen molar-refractivity contribution in [2.24, 2.45) is 0 Å². The summed E-state index contributed by atoms with van der Waals surface area (Å²) >= 11 is 2.30. The fourth-order valence-electron chi connectivity index (χ4n) is 2.95. The summed E-state index contributed by atoms with van der Waals surface area (Å²) in [6.07, 6.45) is 0. The molecule has 27 heavy (non-hydrogen) atoms.